The maximum Gasteiger partial charge on any atom is 0.106 e. The Balaban J connectivity index is 2.40. The maximum absolute atomic E-state index is 10.4. The van der Waals surface area contributed by atoms with Gasteiger partial charge in [0.15, 0.2) is 0 Å². The van der Waals surface area contributed by atoms with E-state index in [1.165, 1.54) is 5.56 Å². The van der Waals surface area contributed by atoms with Gasteiger partial charge in [-0.25, -0.2) is 0 Å². The second-order valence-corrected chi connectivity index (χ2v) is 5.19. The molecule has 18 heavy (non-hydrogen) atoms. The lowest BCUT2D eigenvalue weighted by Crippen LogP contribution is -2.04. The number of benzene rings is 2. The third-order valence-corrected chi connectivity index (χ3v) is 3.51. The number of aryl methyl sites for hydroxylation is 1. The molecule has 0 amide bonds. The highest BCUT2D eigenvalue weighted by Gasteiger charge is 2.14. The average molecular weight is 306 g/mol. The fourth-order valence-corrected chi connectivity index (χ4v) is 2.32. The summed E-state index contributed by atoms with van der Waals surface area (Å²) >= 11 is 3.40. The zero-order valence-corrected chi connectivity index (χ0v) is 11.8. The van der Waals surface area contributed by atoms with Gasteiger partial charge in [-0.15, -0.1) is 0 Å². The van der Waals surface area contributed by atoms with Crippen molar-refractivity contribution in [2.45, 2.75) is 19.4 Å². The summed E-state index contributed by atoms with van der Waals surface area (Å²) in [4.78, 5) is 0. The molecule has 0 heterocycles. The Labute approximate surface area is 116 Å². The zero-order valence-electron chi connectivity index (χ0n) is 10.2. The molecule has 1 unspecified atom stereocenters. The minimum absolute atomic E-state index is 0.604. The second-order valence-electron chi connectivity index (χ2n) is 4.27. The van der Waals surface area contributed by atoms with Crippen LogP contribution in [-0.2, 0) is 6.42 Å². The Bertz CT molecular complexity index is 554. The number of hydrogen-bond donors (Lipinski definition) is 2. The SMILES string of the molecule is CCc1cccc(C(O)c2cc(Br)ccc2N)c1. The number of rotatable bonds is 3. The Morgan fingerprint density at radius 2 is 2.00 bits per heavy atom. The number of anilines is 1. The van der Waals surface area contributed by atoms with Crippen molar-refractivity contribution in [2.75, 3.05) is 5.73 Å². The molecule has 2 rings (SSSR count). The summed E-state index contributed by atoms with van der Waals surface area (Å²) in [6.45, 7) is 2.10. The van der Waals surface area contributed by atoms with Crippen LogP contribution < -0.4 is 5.73 Å². The summed E-state index contributed by atoms with van der Waals surface area (Å²) < 4.78 is 0.914. The van der Waals surface area contributed by atoms with Crippen molar-refractivity contribution in [3.05, 3.63) is 63.6 Å². The van der Waals surface area contributed by atoms with Crippen molar-refractivity contribution in [3.8, 4) is 0 Å². The summed E-state index contributed by atoms with van der Waals surface area (Å²) in [5, 5.41) is 10.4. The predicted octanol–water partition coefficient (Wildman–Crippen LogP) is 3.68. The van der Waals surface area contributed by atoms with E-state index >= 15 is 0 Å². The van der Waals surface area contributed by atoms with Crippen molar-refractivity contribution < 1.29 is 5.11 Å². The van der Waals surface area contributed by atoms with Gasteiger partial charge in [-0.05, 0) is 35.7 Å². The van der Waals surface area contributed by atoms with Gasteiger partial charge in [-0.3, -0.25) is 0 Å². The fraction of sp³-hybridized carbons (Fsp3) is 0.200. The normalized spacial score (nSPS) is 12.4. The van der Waals surface area contributed by atoms with Crippen molar-refractivity contribution in [2.24, 2.45) is 0 Å². The molecule has 0 saturated carbocycles. The van der Waals surface area contributed by atoms with Gasteiger partial charge in [-0.1, -0.05) is 47.1 Å². The number of hydrogen-bond acceptors (Lipinski definition) is 2. The van der Waals surface area contributed by atoms with E-state index in [-0.39, 0.29) is 0 Å². The molecule has 0 saturated heterocycles. The van der Waals surface area contributed by atoms with Gasteiger partial charge < -0.3 is 10.8 Å². The topological polar surface area (TPSA) is 46.2 Å². The van der Waals surface area contributed by atoms with Crippen LogP contribution >= 0.6 is 15.9 Å². The molecule has 0 radical (unpaired) electrons. The average Bonchev–Trinajstić information content (AvgIpc) is 2.41. The predicted molar refractivity (Wildman–Crippen MR) is 78.4 cm³/mol. The van der Waals surface area contributed by atoms with Crippen molar-refractivity contribution in [1.29, 1.82) is 0 Å². The number of halogens is 1. The molecule has 0 spiro atoms. The highest BCUT2D eigenvalue weighted by molar-refractivity contribution is 9.10. The van der Waals surface area contributed by atoms with Crippen molar-refractivity contribution in [3.63, 3.8) is 0 Å². The zero-order chi connectivity index (χ0) is 13.1. The summed E-state index contributed by atoms with van der Waals surface area (Å²) in [6, 6.07) is 13.5. The summed E-state index contributed by atoms with van der Waals surface area (Å²) in [5.41, 5.74) is 9.34. The molecular formula is C15H16BrNO. The molecule has 1 atom stereocenters. The van der Waals surface area contributed by atoms with Crippen LogP contribution in [0.25, 0.3) is 0 Å². The van der Waals surface area contributed by atoms with E-state index in [0.29, 0.717) is 5.69 Å². The molecular weight excluding hydrogens is 290 g/mol. The Morgan fingerprint density at radius 1 is 1.22 bits per heavy atom. The van der Waals surface area contributed by atoms with Gasteiger partial charge in [0.2, 0.25) is 0 Å². The number of aliphatic hydroxyl groups excluding tert-OH is 1. The molecule has 2 aromatic carbocycles. The molecule has 3 N–H and O–H groups in total. The Morgan fingerprint density at radius 3 is 2.72 bits per heavy atom. The fourth-order valence-electron chi connectivity index (χ4n) is 1.95. The molecule has 2 nitrogen and oxygen atoms in total. The van der Waals surface area contributed by atoms with Gasteiger partial charge in [0, 0.05) is 15.7 Å². The summed E-state index contributed by atoms with van der Waals surface area (Å²) in [7, 11) is 0. The maximum atomic E-state index is 10.4. The molecule has 2 aromatic rings. The monoisotopic (exact) mass is 305 g/mol. The van der Waals surface area contributed by atoms with Crippen LogP contribution in [-0.4, -0.2) is 5.11 Å². The van der Waals surface area contributed by atoms with E-state index in [4.69, 9.17) is 5.73 Å². The molecule has 3 heteroatoms. The first-order valence-corrected chi connectivity index (χ1v) is 6.73. The smallest absolute Gasteiger partial charge is 0.106 e. The molecule has 0 aliphatic carbocycles. The summed E-state index contributed by atoms with van der Waals surface area (Å²) in [5.74, 6) is 0. The highest BCUT2D eigenvalue weighted by atomic mass is 79.9. The van der Waals surface area contributed by atoms with Gasteiger partial charge in [0.1, 0.15) is 6.10 Å². The van der Waals surface area contributed by atoms with Crippen LogP contribution in [0.5, 0.6) is 0 Å². The van der Waals surface area contributed by atoms with Crippen LogP contribution in [0.15, 0.2) is 46.9 Å². The van der Waals surface area contributed by atoms with E-state index < -0.39 is 6.10 Å². The van der Waals surface area contributed by atoms with Crippen LogP contribution in [0.2, 0.25) is 0 Å². The van der Waals surface area contributed by atoms with E-state index in [1.807, 2.05) is 30.3 Å². The number of aliphatic hydroxyl groups is 1. The Hall–Kier alpha value is -1.32. The lowest BCUT2D eigenvalue weighted by atomic mass is 9.98. The third-order valence-electron chi connectivity index (χ3n) is 3.02. The highest BCUT2D eigenvalue weighted by Crippen LogP contribution is 2.29. The van der Waals surface area contributed by atoms with E-state index in [1.54, 1.807) is 6.07 Å². The molecule has 0 aromatic heterocycles. The molecule has 0 aliphatic rings. The first-order chi connectivity index (χ1) is 8.61. The number of nitrogens with two attached hydrogens (primary N) is 1. The lowest BCUT2D eigenvalue weighted by molar-refractivity contribution is 0.221. The lowest BCUT2D eigenvalue weighted by Gasteiger charge is -2.15. The van der Waals surface area contributed by atoms with Gasteiger partial charge in [0.25, 0.3) is 0 Å². The van der Waals surface area contributed by atoms with Crippen molar-refractivity contribution in [1.82, 2.24) is 0 Å². The van der Waals surface area contributed by atoms with E-state index in [2.05, 4.69) is 28.9 Å². The van der Waals surface area contributed by atoms with E-state index in [0.717, 1.165) is 22.0 Å². The molecule has 0 aliphatic heterocycles. The first-order valence-electron chi connectivity index (χ1n) is 5.93. The minimum Gasteiger partial charge on any atom is -0.398 e. The van der Waals surface area contributed by atoms with Gasteiger partial charge in [-0.2, -0.15) is 0 Å². The quantitative estimate of drug-likeness (QED) is 0.850. The molecule has 0 fully saturated rings. The van der Waals surface area contributed by atoms with Crippen LogP contribution in [0.3, 0.4) is 0 Å². The minimum atomic E-state index is -0.686. The van der Waals surface area contributed by atoms with Crippen LogP contribution in [0, 0.1) is 0 Å². The van der Waals surface area contributed by atoms with Gasteiger partial charge >= 0.3 is 0 Å². The molecule has 0 bridgehead atoms. The third kappa shape index (κ3) is 2.74. The van der Waals surface area contributed by atoms with Crippen LogP contribution in [0.4, 0.5) is 5.69 Å². The largest absolute Gasteiger partial charge is 0.398 e. The molecule has 94 valence electrons. The summed E-state index contributed by atoms with van der Waals surface area (Å²) in [6.07, 6.45) is 0.267. The van der Waals surface area contributed by atoms with Crippen LogP contribution in [0.1, 0.15) is 29.7 Å². The number of nitrogen functional groups attached to an aromatic ring is 1. The second kappa shape index (κ2) is 5.55. The van der Waals surface area contributed by atoms with Gasteiger partial charge in [0.05, 0.1) is 0 Å². The van der Waals surface area contributed by atoms with Crippen molar-refractivity contribution >= 4 is 21.6 Å². The standard InChI is InChI=1S/C15H16BrNO/c1-2-10-4-3-5-11(8-10)15(18)13-9-12(16)6-7-14(13)17/h3-9,15,18H,2,17H2,1H3. The first kappa shape index (κ1) is 13.1. The Kier molecular flexibility index (Phi) is 4.04. The van der Waals surface area contributed by atoms with E-state index in [9.17, 15) is 5.11 Å².